The number of rotatable bonds is 3. The first kappa shape index (κ1) is 12.4. The lowest BCUT2D eigenvalue weighted by molar-refractivity contribution is -0.385. The highest BCUT2D eigenvalue weighted by molar-refractivity contribution is 9.10. The van der Waals surface area contributed by atoms with Gasteiger partial charge in [-0.05, 0) is 28.1 Å². The minimum atomic E-state index is -0.559. The van der Waals surface area contributed by atoms with Gasteiger partial charge in [-0.1, -0.05) is 0 Å². The molecular formula is C11H6BrFN2O3. The third-order valence-electron chi connectivity index (χ3n) is 2.04. The summed E-state index contributed by atoms with van der Waals surface area (Å²) in [4.78, 5) is 13.8. The summed E-state index contributed by atoms with van der Waals surface area (Å²) in [6.45, 7) is 0. The quantitative estimate of drug-likeness (QED) is 0.640. The van der Waals surface area contributed by atoms with E-state index in [1.165, 1.54) is 30.5 Å². The van der Waals surface area contributed by atoms with Crippen LogP contribution < -0.4 is 4.74 Å². The van der Waals surface area contributed by atoms with Gasteiger partial charge >= 0.3 is 0 Å². The van der Waals surface area contributed by atoms with Crippen molar-refractivity contribution in [2.75, 3.05) is 0 Å². The first-order valence-corrected chi connectivity index (χ1v) is 5.59. The molecule has 0 bridgehead atoms. The molecule has 2 aromatic rings. The number of aromatic nitrogens is 1. The minimum absolute atomic E-state index is 0.0333. The molecular weight excluding hydrogens is 307 g/mol. The van der Waals surface area contributed by atoms with Gasteiger partial charge in [0.1, 0.15) is 11.6 Å². The summed E-state index contributed by atoms with van der Waals surface area (Å²) in [5.41, 5.74) is -0.141. The third kappa shape index (κ3) is 2.80. The molecule has 92 valence electrons. The van der Waals surface area contributed by atoms with Crippen LogP contribution in [0.1, 0.15) is 0 Å². The van der Waals surface area contributed by atoms with E-state index in [2.05, 4.69) is 20.9 Å². The Kier molecular flexibility index (Phi) is 3.52. The number of hydrogen-bond acceptors (Lipinski definition) is 4. The maximum Gasteiger partial charge on any atom is 0.276 e. The van der Waals surface area contributed by atoms with E-state index in [4.69, 9.17) is 4.74 Å². The zero-order valence-corrected chi connectivity index (χ0v) is 10.4. The second-order valence-corrected chi connectivity index (χ2v) is 4.14. The van der Waals surface area contributed by atoms with Gasteiger partial charge in [-0.15, -0.1) is 0 Å². The first-order chi connectivity index (χ1) is 8.56. The Bertz CT molecular complexity index is 607. The first-order valence-electron chi connectivity index (χ1n) is 4.79. The van der Waals surface area contributed by atoms with E-state index in [0.29, 0.717) is 4.47 Å². The number of ether oxygens (including phenoxy) is 1. The molecule has 0 spiro atoms. The SMILES string of the molecule is O=[N+]([O-])c1ccnc(Oc2ccc(Br)c(F)c2)c1. The molecule has 5 nitrogen and oxygen atoms in total. The Morgan fingerprint density at radius 2 is 2.11 bits per heavy atom. The summed E-state index contributed by atoms with van der Waals surface area (Å²) in [5, 5.41) is 10.6. The summed E-state index contributed by atoms with van der Waals surface area (Å²) >= 11 is 3.01. The van der Waals surface area contributed by atoms with Gasteiger partial charge in [-0.2, -0.15) is 0 Å². The summed E-state index contributed by atoms with van der Waals surface area (Å²) < 4.78 is 18.8. The van der Waals surface area contributed by atoms with Gasteiger partial charge in [-0.25, -0.2) is 9.37 Å². The Balaban J connectivity index is 2.25. The molecule has 1 aromatic heterocycles. The summed E-state index contributed by atoms with van der Waals surface area (Å²) in [5.74, 6) is -0.243. The lowest BCUT2D eigenvalue weighted by Crippen LogP contribution is -1.92. The second-order valence-electron chi connectivity index (χ2n) is 3.29. The monoisotopic (exact) mass is 312 g/mol. The van der Waals surface area contributed by atoms with E-state index >= 15 is 0 Å². The van der Waals surface area contributed by atoms with Crippen LogP contribution in [0.25, 0.3) is 0 Å². The van der Waals surface area contributed by atoms with Crippen molar-refractivity contribution in [1.29, 1.82) is 0 Å². The molecule has 0 fully saturated rings. The zero-order valence-electron chi connectivity index (χ0n) is 8.84. The van der Waals surface area contributed by atoms with Gasteiger partial charge in [0.15, 0.2) is 0 Å². The molecule has 0 saturated heterocycles. The van der Waals surface area contributed by atoms with Crippen molar-refractivity contribution in [3.63, 3.8) is 0 Å². The average molecular weight is 313 g/mol. The molecule has 18 heavy (non-hydrogen) atoms. The zero-order chi connectivity index (χ0) is 13.1. The summed E-state index contributed by atoms with van der Waals surface area (Å²) in [6, 6.07) is 6.56. The fourth-order valence-corrected chi connectivity index (χ4v) is 1.48. The van der Waals surface area contributed by atoms with Gasteiger partial charge < -0.3 is 4.74 Å². The molecule has 0 aliphatic heterocycles. The third-order valence-corrected chi connectivity index (χ3v) is 2.69. The van der Waals surface area contributed by atoms with Crippen LogP contribution in [0.15, 0.2) is 41.0 Å². The fraction of sp³-hybridized carbons (Fsp3) is 0. The molecule has 0 aliphatic rings. The molecule has 0 radical (unpaired) electrons. The van der Waals surface area contributed by atoms with E-state index in [0.717, 1.165) is 6.07 Å². The van der Waals surface area contributed by atoms with Crippen LogP contribution in [-0.4, -0.2) is 9.91 Å². The van der Waals surface area contributed by atoms with Gasteiger partial charge in [0.2, 0.25) is 5.88 Å². The highest BCUT2D eigenvalue weighted by atomic mass is 79.9. The Labute approximate surface area is 110 Å². The molecule has 0 N–H and O–H groups in total. The molecule has 7 heteroatoms. The maximum atomic E-state index is 13.2. The summed E-state index contributed by atoms with van der Waals surface area (Å²) in [7, 11) is 0. The van der Waals surface area contributed by atoms with Crippen molar-refractivity contribution in [3.8, 4) is 11.6 Å². The van der Waals surface area contributed by atoms with Crippen LogP contribution in [-0.2, 0) is 0 Å². The molecule has 0 saturated carbocycles. The van der Waals surface area contributed by atoms with Crippen molar-refractivity contribution >= 4 is 21.6 Å². The van der Waals surface area contributed by atoms with Crippen LogP contribution >= 0.6 is 15.9 Å². The smallest absolute Gasteiger partial charge is 0.276 e. The second kappa shape index (κ2) is 5.09. The molecule has 0 atom stereocenters. The highest BCUT2D eigenvalue weighted by Crippen LogP contribution is 2.26. The lowest BCUT2D eigenvalue weighted by Gasteiger charge is -2.04. The molecule has 1 aromatic carbocycles. The van der Waals surface area contributed by atoms with Crippen LogP contribution in [0.2, 0.25) is 0 Å². The molecule has 0 aliphatic carbocycles. The minimum Gasteiger partial charge on any atom is -0.439 e. The predicted molar refractivity (Wildman–Crippen MR) is 65.1 cm³/mol. The van der Waals surface area contributed by atoms with Crippen molar-refractivity contribution < 1.29 is 14.1 Å². The summed E-state index contributed by atoms with van der Waals surface area (Å²) in [6.07, 6.45) is 1.25. The van der Waals surface area contributed by atoms with Gasteiger partial charge in [0.05, 0.1) is 15.5 Å². The molecule has 0 unspecified atom stereocenters. The number of halogens is 2. The van der Waals surface area contributed by atoms with Gasteiger partial charge in [0, 0.05) is 18.3 Å². The number of pyridine rings is 1. The predicted octanol–water partition coefficient (Wildman–Crippen LogP) is 3.68. The van der Waals surface area contributed by atoms with Crippen molar-refractivity contribution in [2.45, 2.75) is 0 Å². The Morgan fingerprint density at radius 3 is 2.78 bits per heavy atom. The van der Waals surface area contributed by atoms with Crippen LogP contribution in [0.3, 0.4) is 0 Å². The van der Waals surface area contributed by atoms with Crippen molar-refractivity contribution in [1.82, 2.24) is 4.98 Å². The van der Waals surface area contributed by atoms with Crippen molar-refractivity contribution in [3.05, 3.63) is 56.9 Å². The molecule has 0 amide bonds. The Hall–Kier alpha value is -2.02. The number of nitrogens with zero attached hydrogens (tertiary/aromatic N) is 2. The average Bonchev–Trinajstić information content (AvgIpc) is 2.34. The topological polar surface area (TPSA) is 65.3 Å². The van der Waals surface area contributed by atoms with Gasteiger partial charge in [-0.3, -0.25) is 10.1 Å². The van der Waals surface area contributed by atoms with E-state index in [-0.39, 0.29) is 17.3 Å². The van der Waals surface area contributed by atoms with Crippen LogP contribution in [0, 0.1) is 15.9 Å². The van der Waals surface area contributed by atoms with E-state index in [1.807, 2.05) is 0 Å². The van der Waals surface area contributed by atoms with Crippen molar-refractivity contribution in [2.24, 2.45) is 0 Å². The largest absolute Gasteiger partial charge is 0.439 e. The maximum absolute atomic E-state index is 13.2. The standard InChI is InChI=1S/C11H6BrFN2O3/c12-9-2-1-8(6-10(9)13)18-11-5-7(15(16)17)3-4-14-11/h1-6H. The normalized spacial score (nSPS) is 10.1. The van der Waals surface area contributed by atoms with Gasteiger partial charge in [0.25, 0.3) is 5.69 Å². The van der Waals surface area contributed by atoms with Crippen LogP contribution in [0.5, 0.6) is 11.6 Å². The van der Waals surface area contributed by atoms with E-state index < -0.39 is 10.7 Å². The van der Waals surface area contributed by atoms with E-state index in [1.54, 1.807) is 0 Å². The molecule has 1 heterocycles. The fourth-order valence-electron chi connectivity index (χ4n) is 1.23. The number of benzene rings is 1. The number of hydrogen-bond donors (Lipinski definition) is 0. The van der Waals surface area contributed by atoms with Crippen LogP contribution in [0.4, 0.5) is 10.1 Å². The lowest BCUT2D eigenvalue weighted by atomic mass is 10.3. The Morgan fingerprint density at radius 1 is 1.33 bits per heavy atom. The molecule has 2 rings (SSSR count). The van der Waals surface area contributed by atoms with E-state index in [9.17, 15) is 14.5 Å². The highest BCUT2D eigenvalue weighted by Gasteiger charge is 2.09. The number of nitro groups is 1.